The van der Waals surface area contributed by atoms with Gasteiger partial charge in [-0.3, -0.25) is 9.52 Å². The maximum absolute atomic E-state index is 11.2. The van der Waals surface area contributed by atoms with E-state index in [1.165, 1.54) is 5.38 Å². The van der Waals surface area contributed by atoms with Crippen LogP contribution in [-0.4, -0.2) is 37.4 Å². The van der Waals surface area contributed by atoms with Crippen LogP contribution in [-0.2, 0) is 19.7 Å². The van der Waals surface area contributed by atoms with Crippen LogP contribution >= 0.6 is 11.3 Å². The summed E-state index contributed by atoms with van der Waals surface area (Å²) in [6.45, 7) is 3.47. The molecule has 10 heteroatoms. The molecule has 0 saturated carbocycles. The zero-order chi connectivity index (χ0) is 14.6. The largest absolute Gasteiger partial charge is 0.392 e. The number of anilines is 1. The molecule has 1 aromatic rings. The Morgan fingerprint density at radius 3 is 2.68 bits per heavy atom. The maximum Gasteiger partial charge on any atom is 0.273 e. The highest BCUT2D eigenvalue weighted by Crippen LogP contribution is 2.17. The smallest absolute Gasteiger partial charge is 0.273 e. The molecule has 8 nitrogen and oxygen atoms in total. The number of thiazole rings is 1. The number of oxime groups is 1. The highest BCUT2D eigenvalue weighted by Gasteiger charge is 2.17. The lowest BCUT2D eigenvalue weighted by molar-refractivity contribution is -0.112. The van der Waals surface area contributed by atoms with Crippen molar-refractivity contribution in [2.75, 3.05) is 11.0 Å². The van der Waals surface area contributed by atoms with Crippen LogP contribution in [0.2, 0.25) is 0 Å². The normalized spacial score (nSPS) is 12.5. The summed E-state index contributed by atoms with van der Waals surface area (Å²) in [5, 5.41) is 5.19. The molecule has 0 spiro atoms. The fourth-order valence-electron chi connectivity index (χ4n) is 0.964. The Morgan fingerprint density at radius 2 is 2.21 bits per heavy atom. The highest BCUT2D eigenvalue weighted by atomic mass is 32.2. The van der Waals surface area contributed by atoms with Crippen molar-refractivity contribution in [1.82, 2.24) is 4.98 Å². The quantitative estimate of drug-likeness (QED) is 0.571. The van der Waals surface area contributed by atoms with E-state index < -0.39 is 15.9 Å². The van der Waals surface area contributed by atoms with Gasteiger partial charge in [-0.15, -0.1) is 11.3 Å². The van der Waals surface area contributed by atoms with Crippen molar-refractivity contribution in [3.63, 3.8) is 0 Å². The molecule has 0 bridgehead atoms. The zero-order valence-electron chi connectivity index (χ0n) is 10.6. The minimum atomic E-state index is -3.42. The number of carbonyl (C=O) groups excluding carboxylic acids is 1. The number of hydrogen-bond acceptors (Lipinski definition) is 7. The average Bonchev–Trinajstić information content (AvgIpc) is 2.62. The molecule has 106 valence electrons. The first-order valence-electron chi connectivity index (χ1n) is 5.16. The van der Waals surface area contributed by atoms with Crippen LogP contribution in [0, 0.1) is 0 Å². The predicted octanol–water partition coefficient (Wildman–Crippen LogP) is 0.129. The molecule has 19 heavy (non-hydrogen) atoms. The second kappa shape index (κ2) is 5.97. The number of amides is 1. The maximum atomic E-state index is 11.2. The monoisotopic (exact) mass is 306 g/mol. The van der Waals surface area contributed by atoms with Gasteiger partial charge in [0.1, 0.15) is 11.8 Å². The molecule has 1 aromatic heterocycles. The summed E-state index contributed by atoms with van der Waals surface area (Å²) < 4.78 is 24.3. The van der Waals surface area contributed by atoms with Gasteiger partial charge in [0.05, 0.1) is 6.26 Å². The predicted molar refractivity (Wildman–Crippen MR) is 72.5 cm³/mol. The summed E-state index contributed by atoms with van der Waals surface area (Å²) in [5.41, 5.74) is 5.16. The lowest BCUT2D eigenvalue weighted by atomic mass is 10.3. The first-order chi connectivity index (χ1) is 8.69. The Hall–Kier alpha value is -1.68. The third kappa shape index (κ3) is 5.22. The number of carbonyl (C=O) groups is 1. The molecule has 3 N–H and O–H groups in total. The number of aromatic nitrogens is 1. The molecule has 0 saturated heterocycles. The first kappa shape index (κ1) is 15.4. The van der Waals surface area contributed by atoms with Gasteiger partial charge in [0.15, 0.2) is 10.8 Å². The van der Waals surface area contributed by atoms with Crippen molar-refractivity contribution in [2.45, 2.75) is 20.0 Å². The summed E-state index contributed by atoms with van der Waals surface area (Å²) in [6, 6.07) is 0. The van der Waals surface area contributed by atoms with Crippen molar-refractivity contribution < 1.29 is 18.0 Å². The average molecular weight is 306 g/mol. The van der Waals surface area contributed by atoms with Crippen molar-refractivity contribution in [2.24, 2.45) is 10.9 Å². The van der Waals surface area contributed by atoms with Crippen molar-refractivity contribution >= 4 is 38.1 Å². The summed E-state index contributed by atoms with van der Waals surface area (Å²) in [7, 11) is -3.42. The number of primary amides is 1. The minimum Gasteiger partial charge on any atom is -0.392 e. The van der Waals surface area contributed by atoms with E-state index >= 15 is 0 Å². The van der Waals surface area contributed by atoms with E-state index in [1.54, 1.807) is 13.8 Å². The lowest BCUT2D eigenvalue weighted by Crippen LogP contribution is -2.25. The van der Waals surface area contributed by atoms with E-state index in [0.29, 0.717) is 0 Å². The van der Waals surface area contributed by atoms with Gasteiger partial charge in [0.2, 0.25) is 10.0 Å². The Bertz CT molecular complexity index is 591. The van der Waals surface area contributed by atoms with Crippen LogP contribution in [0.5, 0.6) is 0 Å². The van der Waals surface area contributed by atoms with Gasteiger partial charge in [-0.25, -0.2) is 13.4 Å². The molecular formula is C9H14N4O4S2. The Labute approximate surface area is 114 Å². The van der Waals surface area contributed by atoms with Gasteiger partial charge in [0.25, 0.3) is 5.91 Å². The molecule has 0 aromatic carbocycles. The van der Waals surface area contributed by atoms with Crippen molar-refractivity contribution in [1.29, 1.82) is 0 Å². The number of nitrogens with two attached hydrogens (primary N) is 1. The third-order valence-electron chi connectivity index (χ3n) is 1.61. The van der Waals surface area contributed by atoms with Crippen LogP contribution in [0.4, 0.5) is 5.13 Å². The fraction of sp³-hybridized carbons (Fsp3) is 0.444. The fourth-order valence-corrected chi connectivity index (χ4v) is 2.51. The van der Waals surface area contributed by atoms with Crippen LogP contribution in [0.25, 0.3) is 0 Å². The second-order valence-corrected chi connectivity index (χ2v) is 6.48. The number of rotatable bonds is 6. The molecule has 0 radical (unpaired) electrons. The van der Waals surface area contributed by atoms with E-state index in [9.17, 15) is 13.2 Å². The van der Waals surface area contributed by atoms with Crippen molar-refractivity contribution in [3.05, 3.63) is 11.1 Å². The molecule has 0 aliphatic carbocycles. The Kier molecular flexibility index (Phi) is 4.84. The molecular weight excluding hydrogens is 292 g/mol. The molecule has 0 aliphatic heterocycles. The molecule has 0 aliphatic rings. The summed E-state index contributed by atoms with van der Waals surface area (Å²) in [6.07, 6.45) is 0.778. The van der Waals surface area contributed by atoms with E-state index in [2.05, 4.69) is 14.9 Å². The standard InChI is InChI=1S/C9H14N4O4S2/c1-5(2)17-12-7(8(10)14)6-4-18-9(11-6)13-19(3,15)16/h4-5H,1-3H3,(H2,10,14)(H,11,13)/b12-7+. The lowest BCUT2D eigenvalue weighted by Gasteiger charge is -2.03. The van der Waals surface area contributed by atoms with Gasteiger partial charge in [0, 0.05) is 5.38 Å². The van der Waals surface area contributed by atoms with Gasteiger partial charge in [-0.2, -0.15) is 0 Å². The topological polar surface area (TPSA) is 124 Å². The first-order valence-corrected chi connectivity index (χ1v) is 7.93. The van der Waals surface area contributed by atoms with E-state index in [0.717, 1.165) is 17.6 Å². The van der Waals surface area contributed by atoms with E-state index in [-0.39, 0.29) is 22.6 Å². The number of nitrogens with zero attached hydrogens (tertiary/aromatic N) is 2. The number of nitrogens with one attached hydrogen (secondary N) is 1. The van der Waals surface area contributed by atoms with Crippen molar-refractivity contribution in [3.8, 4) is 0 Å². The molecule has 0 fully saturated rings. The summed E-state index contributed by atoms with van der Waals surface area (Å²) >= 11 is 1.01. The van der Waals surface area contributed by atoms with Gasteiger partial charge >= 0.3 is 0 Å². The molecule has 0 unspecified atom stereocenters. The van der Waals surface area contributed by atoms with Crippen LogP contribution in [0.3, 0.4) is 0 Å². The van der Waals surface area contributed by atoms with Crippen LogP contribution in [0.15, 0.2) is 10.5 Å². The zero-order valence-corrected chi connectivity index (χ0v) is 12.2. The minimum absolute atomic E-state index is 0.121. The highest BCUT2D eigenvalue weighted by molar-refractivity contribution is 7.92. The van der Waals surface area contributed by atoms with Crippen LogP contribution < -0.4 is 10.5 Å². The summed E-state index contributed by atoms with van der Waals surface area (Å²) in [5.74, 6) is -0.808. The third-order valence-corrected chi connectivity index (χ3v) is 3.06. The molecule has 1 amide bonds. The molecule has 0 atom stereocenters. The number of hydrogen-bond donors (Lipinski definition) is 2. The van der Waals surface area contributed by atoms with E-state index in [4.69, 9.17) is 10.6 Å². The second-order valence-electron chi connectivity index (χ2n) is 3.87. The molecule has 1 rings (SSSR count). The SMILES string of the molecule is CC(C)O/N=C(/C(N)=O)c1csc(NS(C)(=O)=O)n1. The van der Waals surface area contributed by atoms with Crippen LogP contribution in [0.1, 0.15) is 19.5 Å². The van der Waals surface area contributed by atoms with Gasteiger partial charge < -0.3 is 10.6 Å². The summed E-state index contributed by atoms with van der Waals surface area (Å²) in [4.78, 5) is 20.1. The number of sulfonamides is 1. The van der Waals surface area contributed by atoms with Gasteiger partial charge in [-0.1, -0.05) is 5.16 Å². The van der Waals surface area contributed by atoms with E-state index in [1.807, 2.05) is 0 Å². The Morgan fingerprint density at radius 1 is 1.58 bits per heavy atom. The Balaban J connectivity index is 2.99. The molecule has 1 heterocycles. The van der Waals surface area contributed by atoms with Gasteiger partial charge in [-0.05, 0) is 13.8 Å².